The van der Waals surface area contributed by atoms with Crippen molar-refractivity contribution in [1.82, 2.24) is 0 Å². The van der Waals surface area contributed by atoms with Gasteiger partial charge in [0.15, 0.2) is 0 Å². The van der Waals surface area contributed by atoms with Gasteiger partial charge in [0.2, 0.25) is 5.91 Å². The Morgan fingerprint density at radius 3 is 2.58 bits per heavy atom. The number of rotatable bonds is 7. The lowest BCUT2D eigenvalue weighted by Gasteiger charge is -2.07. The van der Waals surface area contributed by atoms with Crippen LogP contribution in [0.5, 0.6) is 5.75 Å². The highest BCUT2D eigenvalue weighted by molar-refractivity contribution is 8.00. The van der Waals surface area contributed by atoms with Gasteiger partial charge in [-0.2, -0.15) is 0 Å². The lowest BCUT2D eigenvalue weighted by molar-refractivity contribution is -0.385. The lowest BCUT2D eigenvalue weighted by Crippen LogP contribution is -2.14. The molecule has 0 aliphatic carbocycles. The number of nitro benzene ring substituents is 1. The smallest absolute Gasteiger partial charge is 0.274 e. The SMILES string of the molecule is CCOc1ccc(SCC(=O)Nc2ccc(C)c([N+](=O)[O-])c2)cc1. The summed E-state index contributed by atoms with van der Waals surface area (Å²) in [7, 11) is 0. The third-order valence-corrected chi connectivity index (χ3v) is 4.21. The van der Waals surface area contributed by atoms with Crippen LogP contribution in [0.1, 0.15) is 12.5 Å². The zero-order valence-electron chi connectivity index (χ0n) is 13.4. The van der Waals surface area contributed by atoms with Gasteiger partial charge in [-0.1, -0.05) is 6.07 Å². The molecule has 0 aliphatic rings. The lowest BCUT2D eigenvalue weighted by atomic mass is 10.2. The van der Waals surface area contributed by atoms with Gasteiger partial charge >= 0.3 is 0 Å². The van der Waals surface area contributed by atoms with Gasteiger partial charge in [0.25, 0.3) is 5.69 Å². The second-order valence-electron chi connectivity index (χ2n) is 5.00. The van der Waals surface area contributed by atoms with Crippen molar-refractivity contribution in [2.75, 3.05) is 17.7 Å². The normalized spacial score (nSPS) is 10.2. The number of anilines is 1. The number of benzene rings is 2. The number of nitrogens with one attached hydrogen (secondary N) is 1. The third-order valence-electron chi connectivity index (χ3n) is 3.19. The molecule has 0 radical (unpaired) electrons. The van der Waals surface area contributed by atoms with E-state index in [2.05, 4.69) is 5.32 Å². The first kappa shape index (κ1) is 17.8. The van der Waals surface area contributed by atoms with E-state index in [1.807, 2.05) is 31.2 Å². The quantitative estimate of drug-likeness (QED) is 0.465. The number of hydrogen-bond acceptors (Lipinski definition) is 5. The molecule has 1 N–H and O–H groups in total. The highest BCUT2D eigenvalue weighted by atomic mass is 32.2. The summed E-state index contributed by atoms with van der Waals surface area (Å²) in [6, 6.07) is 12.1. The van der Waals surface area contributed by atoms with E-state index in [9.17, 15) is 14.9 Å². The number of amides is 1. The first-order chi connectivity index (χ1) is 11.5. The van der Waals surface area contributed by atoms with Crippen LogP contribution in [0.2, 0.25) is 0 Å². The number of carbonyl (C=O) groups excluding carboxylic acids is 1. The van der Waals surface area contributed by atoms with Gasteiger partial charge in [0.1, 0.15) is 5.75 Å². The van der Waals surface area contributed by atoms with E-state index in [1.165, 1.54) is 17.8 Å². The summed E-state index contributed by atoms with van der Waals surface area (Å²) in [6.07, 6.45) is 0. The standard InChI is InChI=1S/C17H18N2O4S/c1-3-23-14-6-8-15(9-7-14)24-11-17(20)18-13-5-4-12(2)16(10-13)19(21)22/h4-10H,3,11H2,1-2H3,(H,18,20). The van der Waals surface area contributed by atoms with Crippen molar-refractivity contribution in [3.05, 3.63) is 58.1 Å². The molecule has 0 bridgehead atoms. The molecular formula is C17H18N2O4S. The van der Waals surface area contributed by atoms with E-state index in [0.717, 1.165) is 10.6 Å². The number of carbonyl (C=O) groups is 1. The minimum absolute atomic E-state index is 0.00744. The monoisotopic (exact) mass is 346 g/mol. The molecule has 0 spiro atoms. The Kier molecular flexibility index (Phi) is 6.20. The van der Waals surface area contributed by atoms with E-state index in [-0.39, 0.29) is 17.3 Å². The summed E-state index contributed by atoms with van der Waals surface area (Å²) in [5.74, 6) is 0.792. The summed E-state index contributed by atoms with van der Waals surface area (Å²) in [4.78, 5) is 23.4. The maximum atomic E-state index is 12.0. The van der Waals surface area contributed by atoms with Crippen molar-refractivity contribution in [3.8, 4) is 5.75 Å². The van der Waals surface area contributed by atoms with Gasteiger partial charge in [-0.15, -0.1) is 11.8 Å². The minimum Gasteiger partial charge on any atom is -0.494 e. The molecule has 0 unspecified atom stereocenters. The van der Waals surface area contributed by atoms with Crippen LogP contribution < -0.4 is 10.1 Å². The summed E-state index contributed by atoms with van der Waals surface area (Å²) >= 11 is 1.39. The van der Waals surface area contributed by atoms with Gasteiger partial charge < -0.3 is 10.1 Å². The number of hydrogen-bond donors (Lipinski definition) is 1. The van der Waals surface area contributed by atoms with Crippen LogP contribution in [0.25, 0.3) is 0 Å². The first-order valence-corrected chi connectivity index (χ1v) is 8.38. The fourth-order valence-corrected chi connectivity index (χ4v) is 2.73. The average Bonchev–Trinajstić information content (AvgIpc) is 2.56. The maximum absolute atomic E-state index is 12.0. The number of ether oxygens (including phenoxy) is 1. The molecule has 0 heterocycles. The number of nitrogens with zero attached hydrogens (tertiary/aromatic N) is 1. The van der Waals surface area contributed by atoms with E-state index < -0.39 is 4.92 Å². The molecule has 0 aromatic heterocycles. The molecule has 0 saturated carbocycles. The Morgan fingerprint density at radius 1 is 1.25 bits per heavy atom. The fourth-order valence-electron chi connectivity index (χ4n) is 2.03. The van der Waals surface area contributed by atoms with E-state index in [4.69, 9.17) is 4.74 Å². The second kappa shape index (κ2) is 8.35. The Labute approximate surface area is 144 Å². The van der Waals surface area contributed by atoms with Crippen LogP contribution in [0.4, 0.5) is 11.4 Å². The van der Waals surface area contributed by atoms with Crippen molar-refractivity contribution in [1.29, 1.82) is 0 Å². The third kappa shape index (κ3) is 4.99. The molecule has 0 fully saturated rings. The molecule has 0 saturated heterocycles. The van der Waals surface area contributed by atoms with Crippen molar-refractivity contribution < 1.29 is 14.5 Å². The van der Waals surface area contributed by atoms with Crippen LogP contribution >= 0.6 is 11.8 Å². The number of thioether (sulfide) groups is 1. The van der Waals surface area contributed by atoms with Gasteiger partial charge in [0.05, 0.1) is 17.3 Å². The van der Waals surface area contributed by atoms with Gasteiger partial charge in [-0.25, -0.2) is 0 Å². The number of nitro groups is 1. The summed E-state index contributed by atoms with van der Waals surface area (Å²) in [5.41, 5.74) is 0.971. The topological polar surface area (TPSA) is 81.5 Å². The molecule has 0 aliphatic heterocycles. The van der Waals surface area contributed by atoms with Gasteiger partial charge in [0, 0.05) is 22.2 Å². The predicted octanol–water partition coefficient (Wildman–Crippen LogP) is 4.03. The van der Waals surface area contributed by atoms with Crippen LogP contribution in [0.15, 0.2) is 47.4 Å². The maximum Gasteiger partial charge on any atom is 0.274 e. The highest BCUT2D eigenvalue weighted by Crippen LogP contribution is 2.24. The minimum atomic E-state index is -0.459. The molecule has 1 amide bonds. The predicted molar refractivity (Wildman–Crippen MR) is 94.8 cm³/mol. The second-order valence-corrected chi connectivity index (χ2v) is 6.05. The molecule has 2 aromatic rings. The van der Waals surface area contributed by atoms with Gasteiger partial charge in [-0.3, -0.25) is 14.9 Å². The number of aryl methyl sites for hydroxylation is 1. The van der Waals surface area contributed by atoms with Crippen molar-refractivity contribution >= 4 is 29.0 Å². The Hall–Kier alpha value is -2.54. The molecule has 126 valence electrons. The summed E-state index contributed by atoms with van der Waals surface area (Å²) < 4.78 is 5.36. The van der Waals surface area contributed by atoms with E-state index >= 15 is 0 Å². The Morgan fingerprint density at radius 2 is 1.96 bits per heavy atom. The van der Waals surface area contributed by atoms with Crippen LogP contribution in [-0.2, 0) is 4.79 Å². The van der Waals surface area contributed by atoms with Crippen LogP contribution in [0.3, 0.4) is 0 Å². The van der Waals surface area contributed by atoms with Crippen molar-refractivity contribution in [2.45, 2.75) is 18.7 Å². The molecule has 2 aromatic carbocycles. The van der Waals surface area contributed by atoms with Crippen molar-refractivity contribution in [2.24, 2.45) is 0 Å². The average molecular weight is 346 g/mol. The molecule has 2 rings (SSSR count). The highest BCUT2D eigenvalue weighted by Gasteiger charge is 2.12. The first-order valence-electron chi connectivity index (χ1n) is 7.40. The largest absolute Gasteiger partial charge is 0.494 e. The van der Waals surface area contributed by atoms with E-state index in [1.54, 1.807) is 19.1 Å². The van der Waals surface area contributed by atoms with Crippen LogP contribution in [-0.4, -0.2) is 23.2 Å². The molecule has 24 heavy (non-hydrogen) atoms. The van der Waals surface area contributed by atoms with E-state index in [0.29, 0.717) is 17.9 Å². The zero-order chi connectivity index (χ0) is 17.5. The summed E-state index contributed by atoms with van der Waals surface area (Å²) in [5, 5.41) is 13.6. The van der Waals surface area contributed by atoms with Gasteiger partial charge in [-0.05, 0) is 44.2 Å². The Balaban J connectivity index is 1.91. The van der Waals surface area contributed by atoms with Crippen LogP contribution in [0, 0.1) is 17.0 Å². The molecular weight excluding hydrogens is 328 g/mol. The zero-order valence-corrected chi connectivity index (χ0v) is 14.3. The summed E-state index contributed by atoms with van der Waals surface area (Å²) in [6.45, 7) is 4.19. The van der Waals surface area contributed by atoms with Crippen molar-refractivity contribution in [3.63, 3.8) is 0 Å². The molecule has 6 nitrogen and oxygen atoms in total. The molecule has 0 atom stereocenters. The fraction of sp³-hybridized carbons (Fsp3) is 0.235. The molecule has 7 heteroatoms. The Bertz CT molecular complexity index is 732.